The Morgan fingerprint density at radius 3 is 2.42 bits per heavy atom. The molecule has 0 unspecified atom stereocenters. The maximum Gasteiger partial charge on any atom is 0.273 e. The highest BCUT2D eigenvalue weighted by Crippen LogP contribution is 2.26. The predicted octanol–water partition coefficient (Wildman–Crippen LogP) is 6.19. The van der Waals surface area contributed by atoms with Crippen molar-refractivity contribution in [2.24, 2.45) is 0 Å². The molecule has 7 heteroatoms. The van der Waals surface area contributed by atoms with Gasteiger partial charge in [-0.1, -0.05) is 35.5 Å². The molecule has 0 radical (unpaired) electrons. The van der Waals surface area contributed by atoms with Gasteiger partial charge in [0, 0.05) is 35.5 Å². The molecule has 0 aliphatic heterocycles. The molecule has 2 heterocycles. The minimum absolute atomic E-state index is 0.192. The zero-order valence-electron chi connectivity index (χ0n) is 20.2. The second kappa shape index (κ2) is 9.62. The first-order valence-corrected chi connectivity index (χ1v) is 11.6. The van der Waals surface area contributed by atoms with Crippen LogP contribution in [0.1, 0.15) is 32.7 Å². The maximum absolute atomic E-state index is 13.9. The molecule has 3 aromatic carbocycles. The van der Waals surface area contributed by atoms with E-state index < -0.39 is 0 Å². The summed E-state index contributed by atoms with van der Waals surface area (Å²) in [5.41, 5.74) is 7.00. The molecule has 0 aliphatic rings. The van der Waals surface area contributed by atoms with E-state index in [1.54, 1.807) is 29.8 Å². The minimum atomic E-state index is -0.359. The molecule has 36 heavy (non-hydrogen) atoms. The van der Waals surface area contributed by atoms with Gasteiger partial charge in [0.2, 0.25) is 0 Å². The number of benzene rings is 3. The fourth-order valence-corrected chi connectivity index (χ4v) is 3.97. The molecule has 0 fully saturated rings. The summed E-state index contributed by atoms with van der Waals surface area (Å²) < 4.78 is 21.1. The molecular weight excluding hydrogens is 455 g/mol. The van der Waals surface area contributed by atoms with Gasteiger partial charge in [-0.15, -0.1) is 0 Å². The van der Waals surface area contributed by atoms with Crippen molar-refractivity contribution in [3.8, 4) is 28.3 Å². The second-order valence-electron chi connectivity index (χ2n) is 8.81. The summed E-state index contributed by atoms with van der Waals surface area (Å²) >= 11 is 0. The molecule has 0 spiro atoms. The molecule has 0 saturated carbocycles. The molecule has 5 aromatic rings. The number of aromatic nitrogens is 3. The molecule has 5 rings (SSSR count). The lowest BCUT2D eigenvalue weighted by Gasteiger charge is -2.05. The molecule has 1 amide bonds. The van der Waals surface area contributed by atoms with Crippen LogP contribution in [0.5, 0.6) is 0 Å². The third kappa shape index (κ3) is 4.68. The van der Waals surface area contributed by atoms with E-state index in [9.17, 15) is 9.18 Å². The van der Waals surface area contributed by atoms with Crippen LogP contribution in [-0.2, 0) is 6.54 Å². The Hall–Kier alpha value is -4.52. The molecule has 0 aliphatic carbocycles. The maximum atomic E-state index is 13.9. The first-order chi connectivity index (χ1) is 17.4. The van der Waals surface area contributed by atoms with Gasteiger partial charge in [-0.2, -0.15) is 5.10 Å². The van der Waals surface area contributed by atoms with Crippen LogP contribution in [0.2, 0.25) is 0 Å². The monoisotopic (exact) mass is 480 g/mol. The largest absolute Gasteiger partial charge is 0.355 e. The average Bonchev–Trinajstić information content (AvgIpc) is 3.55. The normalized spacial score (nSPS) is 11.0. The van der Waals surface area contributed by atoms with E-state index in [4.69, 9.17) is 9.62 Å². The van der Waals surface area contributed by atoms with E-state index in [-0.39, 0.29) is 24.0 Å². The van der Waals surface area contributed by atoms with Crippen LogP contribution in [-0.4, -0.2) is 20.8 Å². The van der Waals surface area contributed by atoms with Gasteiger partial charge < -0.3 is 9.84 Å². The molecule has 0 saturated heterocycles. The standard InChI is InChI=1S/C29H25FN4O2/c1-18-9-10-21(13-19(18)2)27-15-26(33-36-27)29(35)31-16-23-17-34(24-7-5-4-6-8-24)32-28(23)22-11-12-25(30)20(3)14-22/h4-15,17H,16H2,1-3H3,(H,31,35). The Labute approximate surface area is 208 Å². The molecule has 6 nitrogen and oxygen atoms in total. The number of amides is 1. The van der Waals surface area contributed by atoms with Crippen molar-refractivity contribution in [1.82, 2.24) is 20.3 Å². The van der Waals surface area contributed by atoms with E-state index in [1.165, 1.54) is 11.6 Å². The molecule has 1 N–H and O–H groups in total. The number of halogens is 1. The summed E-state index contributed by atoms with van der Waals surface area (Å²) in [6, 6.07) is 22.2. The Balaban J connectivity index is 1.40. The summed E-state index contributed by atoms with van der Waals surface area (Å²) in [6.45, 7) is 5.99. The lowest BCUT2D eigenvalue weighted by molar-refractivity contribution is 0.0942. The van der Waals surface area contributed by atoms with Crippen molar-refractivity contribution in [3.63, 3.8) is 0 Å². The quantitative estimate of drug-likeness (QED) is 0.315. The highest BCUT2D eigenvalue weighted by Gasteiger charge is 2.17. The van der Waals surface area contributed by atoms with Crippen LogP contribution < -0.4 is 5.32 Å². The lowest BCUT2D eigenvalue weighted by Crippen LogP contribution is -2.23. The number of nitrogens with one attached hydrogen (secondary N) is 1. The smallest absolute Gasteiger partial charge is 0.273 e. The predicted molar refractivity (Wildman–Crippen MR) is 136 cm³/mol. The minimum Gasteiger partial charge on any atom is -0.355 e. The first-order valence-electron chi connectivity index (χ1n) is 11.6. The number of hydrogen-bond donors (Lipinski definition) is 1. The topological polar surface area (TPSA) is 73.0 Å². The average molecular weight is 481 g/mol. The number of para-hydroxylation sites is 1. The first kappa shape index (κ1) is 23.2. The van der Waals surface area contributed by atoms with Gasteiger partial charge in [-0.25, -0.2) is 9.07 Å². The zero-order valence-corrected chi connectivity index (χ0v) is 20.2. The van der Waals surface area contributed by atoms with Crippen LogP contribution in [0.4, 0.5) is 4.39 Å². The van der Waals surface area contributed by atoms with Crippen LogP contribution >= 0.6 is 0 Å². The number of rotatable bonds is 6. The van der Waals surface area contributed by atoms with Crippen molar-refractivity contribution in [3.05, 3.63) is 113 Å². The highest BCUT2D eigenvalue weighted by molar-refractivity contribution is 5.93. The van der Waals surface area contributed by atoms with Gasteiger partial charge in [-0.3, -0.25) is 4.79 Å². The lowest BCUT2D eigenvalue weighted by atomic mass is 10.0. The van der Waals surface area contributed by atoms with E-state index in [0.29, 0.717) is 17.0 Å². The summed E-state index contributed by atoms with van der Waals surface area (Å²) in [4.78, 5) is 12.9. The number of aryl methyl sites for hydroxylation is 3. The molecule has 2 aromatic heterocycles. The Morgan fingerprint density at radius 2 is 1.67 bits per heavy atom. The van der Waals surface area contributed by atoms with Gasteiger partial charge in [0.25, 0.3) is 5.91 Å². The SMILES string of the molecule is Cc1ccc(-c2cc(C(=O)NCc3cn(-c4ccccc4)nc3-c3ccc(F)c(C)c3)no2)cc1C. The highest BCUT2D eigenvalue weighted by atomic mass is 19.1. The number of hydrogen-bond acceptors (Lipinski definition) is 4. The van der Waals surface area contributed by atoms with Crippen molar-refractivity contribution in [2.45, 2.75) is 27.3 Å². The van der Waals surface area contributed by atoms with E-state index in [2.05, 4.69) is 10.5 Å². The van der Waals surface area contributed by atoms with Crippen LogP contribution in [0.15, 0.2) is 83.5 Å². The van der Waals surface area contributed by atoms with Crippen LogP contribution in [0.25, 0.3) is 28.3 Å². The summed E-state index contributed by atoms with van der Waals surface area (Å²) in [6.07, 6.45) is 1.87. The summed E-state index contributed by atoms with van der Waals surface area (Å²) in [5.74, 6) is -0.105. The van der Waals surface area contributed by atoms with Gasteiger partial charge >= 0.3 is 0 Å². The van der Waals surface area contributed by atoms with Gasteiger partial charge in [0.1, 0.15) is 5.82 Å². The Morgan fingerprint density at radius 1 is 0.917 bits per heavy atom. The van der Waals surface area contributed by atoms with Crippen molar-refractivity contribution < 1.29 is 13.7 Å². The van der Waals surface area contributed by atoms with E-state index >= 15 is 0 Å². The number of carbonyl (C=O) groups is 1. The Kier molecular flexibility index (Phi) is 6.21. The van der Waals surface area contributed by atoms with Crippen LogP contribution in [0.3, 0.4) is 0 Å². The molecule has 180 valence electrons. The fourth-order valence-electron chi connectivity index (χ4n) is 3.97. The number of carbonyl (C=O) groups excluding carboxylic acids is 1. The van der Waals surface area contributed by atoms with E-state index in [0.717, 1.165) is 27.9 Å². The van der Waals surface area contributed by atoms with Gasteiger partial charge in [-0.05, 0) is 73.9 Å². The Bertz CT molecular complexity index is 1550. The molecular formula is C29H25FN4O2. The van der Waals surface area contributed by atoms with Crippen molar-refractivity contribution in [1.29, 1.82) is 0 Å². The van der Waals surface area contributed by atoms with Crippen LogP contribution in [0, 0.1) is 26.6 Å². The zero-order chi connectivity index (χ0) is 25.2. The van der Waals surface area contributed by atoms with E-state index in [1.807, 2.05) is 68.6 Å². The second-order valence-corrected chi connectivity index (χ2v) is 8.81. The third-order valence-corrected chi connectivity index (χ3v) is 6.22. The molecule has 0 atom stereocenters. The third-order valence-electron chi connectivity index (χ3n) is 6.22. The summed E-state index contributed by atoms with van der Waals surface area (Å²) in [5, 5.41) is 11.6. The number of nitrogens with zero attached hydrogens (tertiary/aromatic N) is 3. The molecule has 0 bridgehead atoms. The van der Waals surface area contributed by atoms with Crippen molar-refractivity contribution >= 4 is 5.91 Å². The summed E-state index contributed by atoms with van der Waals surface area (Å²) in [7, 11) is 0. The van der Waals surface area contributed by atoms with Gasteiger partial charge in [0.05, 0.1) is 11.4 Å². The van der Waals surface area contributed by atoms with Crippen molar-refractivity contribution in [2.75, 3.05) is 0 Å². The van der Waals surface area contributed by atoms with Gasteiger partial charge in [0.15, 0.2) is 11.5 Å². The fraction of sp³-hybridized carbons (Fsp3) is 0.138.